The fourth-order valence-electron chi connectivity index (χ4n) is 3.88. The van der Waals surface area contributed by atoms with Gasteiger partial charge in [-0.2, -0.15) is 0 Å². The molecule has 1 N–H and O–H groups in total. The molecule has 0 saturated carbocycles. The van der Waals surface area contributed by atoms with Gasteiger partial charge >= 0.3 is 0 Å². The van der Waals surface area contributed by atoms with Crippen LogP contribution in [0.15, 0.2) is 47.0 Å². The lowest BCUT2D eigenvalue weighted by molar-refractivity contribution is 0.378. The van der Waals surface area contributed by atoms with Gasteiger partial charge in [0, 0.05) is 22.0 Å². The van der Waals surface area contributed by atoms with Crippen molar-refractivity contribution in [2.75, 3.05) is 12.4 Å². The van der Waals surface area contributed by atoms with Gasteiger partial charge in [-0.1, -0.05) is 28.1 Å². The summed E-state index contributed by atoms with van der Waals surface area (Å²) in [7, 11) is 1.63. The molecule has 5 heteroatoms. The lowest BCUT2D eigenvalue weighted by Crippen LogP contribution is -2.30. The molecule has 1 aliphatic carbocycles. The zero-order valence-corrected chi connectivity index (χ0v) is 14.6. The zero-order valence-electron chi connectivity index (χ0n) is 13.0. The van der Waals surface area contributed by atoms with Crippen molar-refractivity contribution in [2.45, 2.75) is 18.4 Å². The molecule has 1 heterocycles. The van der Waals surface area contributed by atoms with Gasteiger partial charge in [-0.3, -0.25) is 0 Å². The van der Waals surface area contributed by atoms with Crippen LogP contribution in [-0.4, -0.2) is 7.11 Å². The van der Waals surface area contributed by atoms with E-state index >= 15 is 0 Å². The third-order valence-corrected chi connectivity index (χ3v) is 5.41. The summed E-state index contributed by atoms with van der Waals surface area (Å²) >= 11 is 3.50. The first-order valence-electron chi connectivity index (χ1n) is 7.84. The van der Waals surface area contributed by atoms with Crippen LogP contribution in [0.5, 0.6) is 5.75 Å². The predicted molar refractivity (Wildman–Crippen MR) is 93.4 cm³/mol. The molecule has 0 aromatic heterocycles. The van der Waals surface area contributed by atoms with Crippen molar-refractivity contribution in [2.24, 2.45) is 5.92 Å². The molecule has 0 bridgehead atoms. The second-order valence-electron chi connectivity index (χ2n) is 6.21. The smallest absolute Gasteiger partial charge is 0.149 e. The number of benzene rings is 2. The Kier molecular flexibility index (Phi) is 3.83. The average Bonchev–Trinajstić information content (AvgIpc) is 3.04. The van der Waals surface area contributed by atoms with Gasteiger partial charge in [-0.15, -0.1) is 0 Å². The Morgan fingerprint density at radius 2 is 2.00 bits per heavy atom. The van der Waals surface area contributed by atoms with Gasteiger partial charge in [-0.05, 0) is 42.2 Å². The maximum Gasteiger partial charge on any atom is 0.149 e. The SMILES string of the molecule is COc1ccc(Br)cc1[C@@H]1Nc2c(F)cc(F)cc2[C@@H]2C=CC[C@H]21. The standard InChI is InChI=1S/C19H16BrF2NO/c1-24-17-6-5-10(20)7-15(17)18-13-4-2-3-12(13)14-8-11(21)9-16(22)19(14)23-18/h2-3,5-9,12-13,18,23H,4H2,1H3/t12-,13-,18-/m1/s1. The van der Waals surface area contributed by atoms with E-state index in [1.165, 1.54) is 6.07 Å². The molecule has 0 spiro atoms. The van der Waals surface area contributed by atoms with Gasteiger partial charge < -0.3 is 10.1 Å². The lowest BCUT2D eigenvalue weighted by atomic mass is 9.76. The Balaban J connectivity index is 1.86. The summed E-state index contributed by atoms with van der Waals surface area (Å²) in [6.07, 6.45) is 5.00. The molecule has 124 valence electrons. The van der Waals surface area contributed by atoms with Gasteiger partial charge in [-0.25, -0.2) is 8.78 Å². The maximum absolute atomic E-state index is 14.4. The molecule has 0 amide bonds. The van der Waals surface area contributed by atoms with E-state index in [2.05, 4.69) is 33.4 Å². The maximum atomic E-state index is 14.4. The minimum atomic E-state index is -0.553. The van der Waals surface area contributed by atoms with Crippen molar-refractivity contribution < 1.29 is 13.5 Å². The van der Waals surface area contributed by atoms with Crippen molar-refractivity contribution in [1.29, 1.82) is 0 Å². The molecular weight excluding hydrogens is 376 g/mol. The highest BCUT2D eigenvalue weighted by Crippen LogP contribution is 2.52. The molecular formula is C19H16BrF2NO. The monoisotopic (exact) mass is 391 g/mol. The van der Waals surface area contributed by atoms with E-state index in [0.29, 0.717) is 11.3 Å². The molecule has 3 atom stereocenters. The van der Waals surface area contributed by atoms with Crippen LogP contribution in [0.2, 0.25) is 0 Å². The first kappa shape index (κ1) is 15.6. The molecule has 0 unspecified atom stereocenters. The van der Waals surface area contributed by atoms with E-state index in [4.69, 9.17) is 4.74 Å². The van der Waals surface area contributed by atoms with Crippen LogP contribution in [0.3, 0.4) is 0 Å². The molecule has 2 aromatic rings. The van der Waals surface area contributed by atoms with Gasteiger partial charge in [0.05, 0.1) is 18.8 Å². The van der Waals surface area contributed by atoms with Gasteiger partial charge in [0.25, 0.3) is 0 Å². The fraction of sp³-hybridized carbons (Fsp3) is 0.263. The number of hydrogen-bond donors (Lipinski definition) is 1. The summed E-state index contributed by atoms with van der Waals surface area (Å²) < 4.78 is 34.5. The summed E-state index contributed by atoms with van der Waals surface area (Å²) in [6.45, 7) is 0. The van der Waals surface area contributed by atoms with Gasteiger partial charge in [0.2, 0.25) is 0 Å². The number of halogens is 3. The van der Waals surface area contributed by atoms with Crippen LogP contribution >= 0.6 is 15.9 Å². The van der Waals surface area contributed by atoms with E-state index in [-0.39, 0.29) is 17.9 Å². The second kappa shape index (κ2) is 5.88. The van der Waals surface area contributed by atoms with Crippen LogP contribution in [0.25, 0.3) is 0 Å². The summed E-state index contributed by atoms with van der Waals surface area (Å²) in [5.41, 5.74) is 2.05. The first-order valence-corrected chi connectivity index (χ1v) is 8.63. The molecule has 0 radical (unpaired) electrons. The summed E-state index contributed by atoms with van der Waals surface area (Å²) in [5, 5.41) is 3.30. The number of rotatable bonds is 2. The third-order valence-electron chi connectivity index (χ3n) is 4.91. The van der Waals surface area contributed by atoms with Crippen molar-refractivity contribution in [1.82, 2.24) is 0 Å². The molecule has 1 aliphatic heterocycles. The highest BCUT2D eigenvalue weighted by atomic mass is 79.9. The van der Waals surface area contributed by atoms with Crippen molar-refractivity contribution in [3.8, 4) is 5.75 Å². The van der Waals surface area contributed by atoms with Gasteiger partial charge in [0.1, 0.15) is 17.4 Å². The number of ether oxygens (including phenoxy) is 1. The van der Waals surface area contributed by atoms with Crippen LogP contribution < -0.4 is 10.1 Å². The number of anilines is 1. The zero-order chi connectivity index (χ0) is 16.8. The van der Waals surface area contributed by atoms with Gasteiger partial charge in [0.15, 0.2) is 0 Å². The Morgan fingerprint density at radius 3 is 2.79 bits per heavy atom. The number of fused-ring (bicyclic) bond motifs is 3. The minimum Gasteiger partial charge on any atom is -0.496 e. The first-order chi connectivity index (χ1) is 11.6. The van der Waals surface area contributed by atoms with E-state index < -0.39 is 11.6 Å². The molecule has 2 aliphatic rings. The Labute approximate surface area is 147 Å². The molecule has 4 rings (SSSR count). The quantitative estimate of drug-likeness (QED) is 0.676. The number of hydrogen-bond acceptors (Lipinski definition) is 2. The van der Waals surface area contributed by atoms with Crippen molar-refractivity contribution in [3.63, 3.8) is 0 Å². The van der Waals surface area contributed by atoms with Crippen molar-refractivity contribution >= 4 is 21.6 Å². The fourth-order valence-corrected chi connectivity index (χ4v) is 4.26. The van der Waals surface area contributed by atoms with Crippen LogP contribution in [0.4, 0.5) is 14.5 Å². The Hall–Kier alpha value is -1.88. The van der Waals surface area contributed by atoms with E-state index in [0.717, 1.165) is 28.3 Å². The molecule has 24 heavy (non-hydrogen) atoms. The summed E-state index contributed by atoms with van der Waals surface area (Å²) in [4.78, 5) is 0. The second-order valence-corrected chi connectivity index (χ2v) is 7.13. The topological polar surface area (TPSA) is 21.3 Å². The van der Waals surface area contributed by atoms with E-state index in [1.807, 2.05) is 18.2 Å². The van der Waals surface area contributed by atoms with Crippen LogP contribution in [-0.2, 0) is 0 Å². The number of methoxy groups -OCH3 is 1. The molecule has 0 fully saturated rings. The number of allylic oxidation sites excluding steroid dienone is 2. The average molecular weight is 392 g/mol. The van der Waals surface area contributed by atoms with Crippen LogP contribution in [0, 0.1) is 17.6 Å². The summed E-state index contributed by atoms with van der Waals surface area (Å²) in [6, 6.07) is 8.07. The Bertz CT molecular complexity index is 836. The summed E-state index contributed by atoms with van der Waals surface area (Å²) in [5.74, 6) is -0.136. The van der Waals surface area contributed by atoms with Crippen molar-refractivity contribution in [3.05, 3.63) is 69.7 Å². The van der Waals surface area contributed by atoms with Crippen LogP contribution in [0.1, 0.15) is 29.5 Å². The molecule has 2 aromatic carbocycles. The third kappa shape index (κ3) is 2.42. The molecule has 0 saturated heterocycles. The normalized spacial score (nSPS) is 24.2. The van der Waals surface area contributed by atoms with E-state index in [1.54, 1.807) is 7.11 Å². The van der Waals surface area contributed by atoms with E-state index in [9.17, 15) is 8.78 Å². The molecule has 2 nitrogen and oxygen atoms in total. The number of nitrogens with one attached hydrogen (secondary N) is 1. The predicted octanol–water partition coefficient (Wildman–Crippen LogP) is 5.56. The minimum absolute atomic E-state index is 0.000128. The highest BCUT2D eigenvalue weighted by molar-refractivity contribution is 9.10. The Morgan fingerprint density at radius 1 is 1.17 bits per heavy atom. The largest absolute Gasteiger partial charge is 0.496 e. The lowest BCUT2D eigenvalue weighted by Gasteiger charge is -2.38. The highest BCUT2D eigenvalue weighted by Gasteiger charge is 2.40.